The van der Waals surface area contributed by atoms with E-state index in [0.717, 1.165) is 25.5 Å². The molecule has 0 aromatic heterocycles. The van der Waals surface area contributed by atoms with Crippen LogP contribution in [0.2, 0.25) is 5.02 Å². The molecule has 0 aliphatic heterocycles. The van der Waals surface area contributed by atoms with Crippen LogP contribution in [0.25, 0.3) is 0 Å². The number of halogens is 2. The lowest BCUT2D eigenvalue weighted by Crippen LogP contribution is -2.53. The SMILES string of the molecule is CNC(=O)[C@H](Cc1ccccc1)N(Cc1cccc(Br)c1)C(=O)CN(c1cccc(Cl)c1C)S(=O)(=O)c1ccc(C)cc1. The average molecular weight is 683 g/mol. The van der Waals surface area contributed by atoms with Crippen LogP contribution >= 0.6 is 27.5 Å². The Bertz CT molecular complexity index is 1700. The van der Waals surface area contributed by atoms with Gasteiger partial charge in [-0.25, -0.2) is 8.42 Å². The number of nitrogens with zero attached hydrogens (tertiary/aromatic N) is 2. The molecule has 0 aliphatic carbocycles. The van der Waals surface area contributed by atoms with Crippen LogP contribution in [-0.2, 0) is 32.6 Å². The number of hydrogen-bond donors (Lipinski definition) is 1. The summed E-state index contributed by atoms with van der Waals surface area (Å²) in [4.78, 5) is 29.2. The van der Waals surface area contributed by atoms with E-state index in [2.05, 4.69) is 21.2 Å². The number of rotatable bonds is 11. The van der Waals surface area contributed by atoms with E-state index in [4.69, 9.17) is 11.6 Å². The van der Waals surface area contributed by atoms with E-state index >= 15 is 0 Å². The molecule has 0 aliphatic rings. The lowest BCUT2D eigenvalue weighted by Gasteiger charge is -2.34. The van der Waals surface area contributed by atoms with Crippen molar-refractivity contribution in [3.63, 3.8) is 0 Å². The van der Waals surface area contributed by atoms with E-state index in [1.165, 1.54) is 24.1 Å². The molecule has 0 saturated heterocycles. The highest BCUT2D eigenvalue weighted by molar-refractivity contribution is 9.10. The number of anilines is 1. The maximum Gasteiger partial charge on any atom is 0.264 e. The summed E-state index contributed by atoms with van der Waals surface area (Å²) in [7, 11) is -2.69. The Hall–Kier alpha value is -3.66. The zero-order valence-electron chi connectivity index (χ0n) is 24.1. The van der Waals surface area contributed by atoms with Crippen LogP contribution in [0.15, 0.2) is 106 Å². The van der Waals surface area contributed by atoms with E-state index in [9.17, 15) is 18.0 Å². The van der Waals surface area contributed by atoms with Gasteiger partial charge in [-0.15, -0.1) is 0 Å². The molecule has 0 fully saturated rings. The van der Waals surface area contributed by atoms with Crippen molar-refractivity contribution >= 4 is 55.1 Å². The summed E-state index contributed by atoms with van der Waals surface area (Å²) >= 11 is 9.91. The van der Waals surface area contributed by atoms with Gasteiger partial charge in [-0.3, -0.25) is 13.9 Å². The number of aryl methyl sites for hydroxylation is 1. The average Bonchev–Trinajstić information content (AvgIpc) is 2.99. The number of hydrogen-bond acceptors (Lipinski definition) is 4. The first kappa shape index (κ1) is 32.3. The molecule has 224 valence electrons. The predicted molar refractivity (Wildman–Crippen MR) is 175 cm³/mol. The van der Waals surface area contributed by atoms with Gasteiger partial charge in [0, 0.05) is 29.5 Å². The van der Waals surface area contributed by atoms with Gasteiger partial charge in [0.2, 0.25) is 11.8 Å². The van der Waals surface area contributed by atoms with E-state index in [0.29, 0.717) is 10.6 Å². The lowest BCUT2D eigenvalue weighted by molar-refractivity contribution is -0.139. The second kappa shape index (κ2) is 14.2. The Morgan fingerprint density at radius 2 is 1.53 bits per heavy atom. The third-order valence-electron chi connectivity index (χ3n) is 7.16. The van der Waals surface area contributed by atoms with Crippen LogP contribution in [0.1, 0.15) is 22.3 Å². The van der Waals surface area contributed by atoms with Crippen LogP contribution in [0, 0.1) is 13.8 Å². The van der Waals surface area contributed by atoms with Crippen molar-refractivity contribution in [1.29, 1.82) is 0 Å². The molecule has 0 bridgehead atoms. The molecule has 0 spiro atoms. The van der Waals surface area contributed by atoms with Crippen molar-refractivity contribution in [2.24, 2.45) is 0 Å². The fourth-order valence-corrected chi connectivity index (χ4v) is 6.86. The smallest absolute Gasteiger partial charge is 0.264 e. The highest BCUT2D eigenvalue weighted by Crippen LogP contribution is 2.31. The summed E-state index contributed by atoms with van der Waals surface area (Å²) < 4.78 is 30.2. The molecule has 43 heavy (non-hydrogen) atoms. The highest BCUT2D eigenvalue weighted by Gasteiger charge is 2.35. The number of nitrogens with one attached hydrogen (secondary N) is 1. The van der Waals surface area contributed by atoms with Crippen molar-refractivity contribution < 1.29 is 18.0 Å². The highest BCUT2D eigenvalue weighted by atomic mass is 79.9. The largest absolute Gasteiger partial charge is 0.357 e. The van der Waals surface area contributed by atoms with Crippen LogP contribution in [-0.4, -0.2) is 44.8 Å². The molecule has 0 unspecified atom stereocenters. The van der Waals surface area contributed by atoms with Gasteiger partial charge < -0.3 is 10.2 Å². The second-order valence-corrected chi connectivity index (χ2v) is 13.4. The molecule has 1 atom stereocenters. The minimum atomic E-state index is -4.21. The number of carbonyl (C=O) groups excluding carboxylic acids is 2. The van der Waals surface area contributed by atoms with Crippen molar-refractivity contribution in [1.82, 2.24) is 10.2 Å². The topological polar surface area (TPSA) is 86.8 Å². The number of carbonyl (C=O) groups is 2. The summed E-state index contributed by atoms with van der Waals surface area (Å²) in [6.45, 7) is 3.11. The van der Waals surface area contributed by atoms with Crippen molar-refractivity contribution in [2.75, 3.05) is 17.9 Å². The third kappa shape index (κ3) is 7.84. The predicted octanol–water partition coefficient (Wildman–Crippen LogP) is 6.30. The Balaban J connectivity index is 1.82. The number of benzene rings is 4. The molecule has 0 radical (unpaired) electrons. The Kier molecular flexibility index (Phi) is 10.7. The molecule has 1 N–H and O–H groups in total. The van der Waals surface area contributed by atoms with E-state index in [-0.39, 0.29) is 29.5 Å². The van der Waals surface area contributed by atoms with E-state index < -0.39 is 28.5 Å². The maximum absolute atomic E-state index is 14.4. The number of likely N-dealkylation sites (N-methyl/N-ethyl adjacent to an activating group) is 1. The molecule has 4 rings (SSSR count). The van der Waals surface area contributed by atoms with Crippen LogP contribution in [0.4, 0.5) is 5.69 Å². The van der Waals surface area contributed by atoms with Crippen molar-refractivity contribution in [2.45, 2.75) is 37.8 Å². The van der Waals surface area contributed by atoms with Gasteiger partial charge in [0.1, 0.15) is 12.6 Å². The monoisotopic (exact) mass is 681 g/mol. The zero-order chi connectivity index (χ0) is 31.1. The van der Waals surface area contributed by atoms with Gasteiger partial charge in [-0.1, -0.05) is 93.8 Å². The Morgan fingerprint density at radius 1 is 0.884 bits per heavy atom. The molecule has 0 saturated carbocycles. The molecule has 4 aromatic carbocycles. The van der Waals surface area contributed by atoms with Gasteiger partial charge >= 0.3 is 0 Å². The molecule has 7 nitrogen and oxygen atoms in total. The Morgan fingerprint density at radius 3 is 2.19 bits per heavy atom. The lowest BCUT2D eigenvalue weighted by atomic mass is 10.0. The van der Waals surface area contributed by atoms with Crippen LogP contribution in [0.3, 0.4) is 0 Å². The fraction of sp³-hybridized carbons (Fsp3) is 0.212. The first-order chi connectivity index (χ1) is 20.5. The van der Waals surface area contributed by atoms with Gasteiger partial charge in [0.25, 0.3) is 10.0 Å². The van der Waals surface area contributed by atoms with Gasteiger partial charge in [-0.05, 0) is 66.9 Å². The summed E-state index contributed by atoms with van der Waals surface area (Å²) in [5.41, 5.74) is 3.33. The van der Waals surface area contributed by atoms with Crippen molar-refractivity contribution in [3.8, 4) is 0 Å². The normalized spacial score (nSPS) is 11.9. The van der Waals surface area contributed by atoms with Gasteiger partial charge in [0.15, 0.2) is 0 Å². The third-order valence-corrected chi connectivity index (χ3v) is 9.83. The number of sulfonamides is 1. The van der Waals surface area contributed by atoms with Crippen LogP contribution in [0.5, 0.6) is 0 Å². The molecule has 2 amide bonds. The quantitative estimate of drug-likeness (QED) is 0.201. The number of amides is 2. The minimum absolute atomic E-state index is 0.0379. The zero-order valence-corrected chi connectivity index (χ0v) is 27.3. The second-order valence-electron chi connectivity index (χ2n) is 10.2. The summed E-state index contributed by atoms with van der Waals surface area (Å²) in [6, 6.07) is 27.3. The van der Waals surface area contributed by atoms with Gasteiger partial charge in [0.05, 0.1) is 10.6 Å². The molecular formula is C33H33BrClN3O4S. The molecule has 0 heterocycles. The standard InChI is InChI=1S/C33H33BrClN3O4S/c1-23-15-17-28(18-16-23)43(41,42)38(30-14-8-13-29(35)24(30)2)22-32(39)37(21-26-11-7-12-27(34)19-26)31(33(40)36-3)20-25-9-5-4-6-10-25/h4-19,31H,20-22H2,1-3H3,(H,36,40)/t31-/m0/s1. The first-order valence-electron chi connectivity index (χ1n) is 13.6. The fourth-order valence-electron chi connectivity index (χ4n) is 4.77. The summed E-state index contributed by atoms with van der Waals surface area (Å²) in [6.07, 6.45) is 0.237. The minimum Gasteiger partial charge on any atom is -0.357 e. The van der Waals surface area contributed by atoms with Crippen molar-refractivity contribution in [3.05, 3.63) is 129 Å². The van der Waals surface area contributed by atoms with E-state index in [1.807, 2.05) is 61.5 Å². The maximum atomic E-state index is 14.4. The molecular weight excluding hydrogens is 650 g/mol. The molecule has 4 aromatic rings. The molecule has 10 heteroatoms. The van der Waals surface area contributed by atoms with Crippen LogP contribution < -0.4 is 9.62 Å². The van der Waals surface area contributed by atoms with Gasteiger partial charge in [-0.2, -0.15) is 0 Å². The summed E-state index contributed by atoms with van der Waals surface area (Å²) in [5, 5.41) is 3.06. The first-order valence-corrected chi connectivity index (χ1v) is 16.3. The summed E-state index contributed by atoms with van der Waals surface area (Å²) in [5.74, 6) is -0.904. The Labute approximate surface area is 266 Å². The van der Waals surface area contributed by atoms with E-state index in [1.54, 1.807) is 37.3 Å².